The Balaban J connectivity index is 0. The van der Waals surface area contributed by atoms with Crippen LogP contribution in [-0.2, 0) is 26.7 Å². The van der Waals surface area contributed by atoms with Gasteiger partial charge in [-0.25, -0.2) is 4.79 Å². The first-order valence-corrected chi connectivity index (χ1v) is 4.36. The predicted octanol–water partition coefficient (Wildman–Crippen LogP) is -0.168. The average molecular weight is 291 g/mol. The molecule has 17 heavy (non-hydrogen) atoms. The molecule has 0 amide bonds. The molecule has 0 fully saturated rings. The molecule has 5 N–H and O–H groups in total. The Kier molecular flexibility index (Phi) is 10.4. The van der Waals surface area contributed by atoms with Gasteiger partial charge in [0, 0.05) is 17.1 Å². The average Bonchev–Trinajstić information content (AvgIpc) is 2.29. The summed E-state index contributed by atoms with van der Waals surface area (Å²) in [7, 11) is 0. The van der Waals surface area contributed by atoms with Crippen LogP contribution in [0.2, 0.25) is 0 Å². The number of aliphatic hydroxyl groups is 1. The van der Waals surface area contributed by atoms with Crippen molar-refractivity contribution in [3.63, 3.8) is 0 Å². The Morgan fingerprint density at radius 2 is 1.59 bits per heavy atom. The Labute approximate surface area is 109 Å². The van der Waals surface area contributed by atoms with Crippen LogP contribution in [0.1, 0.15) is 11.7 Å². The van der Waals surface area contributed by atoms with Crippen LogP contribution in [0.4, 0.5) is 0 Å². The molecule has 0 saturated heterocycles. The molecule has 1 radical (unpaired) electrons. The minimum Gasteiger partial charge on any atom is -0.480 e. The number of aliphatic hydroxyl groups excluding tert-OH is 1. The second-order valence-electron chi connectivity index (χ2n) is 2.75. The van der Waals surface area contributed by atoms with Gasteiger partial charge < -0.3 is 21.1 Å². The van der Waals surface area contributed by atoms with Gasteiger partial charge in [0.05, 0.1) is 6.54 Å². The molecule has 6 nitrogen and oxygen atoms in total. The van der Waals surface area contributed by atoms with Crippen LogP contribution in [0.5, 0.6) is 0 Å². The topological polar surface area (TPSA) is 121 Å². The van der Waals surface area contributed by atoms with Crippen molar-refractivity contribution in [3.8, 4) is 0 Å². The van der Waals surface area contributed by atoms with Crippen molar-refractivity contribution in [1.29, 1.82) is 0 Å². The zero-order valence-corrected chi connectivity index (χ0v) is 9.65. The third-order valence-corrected chi connectivity index (χ3v) is 1.52. The van der Waals surface area contributed by atoms with Crippen LogP contribution < -0.4 is 5.73 Å². The molecule has 1 unspecified atom stereocenters. The summed E-state index contributed by atoms with van der Waals surface area (Å²) in [6.07, 6.45) is -1.41. The number of carbonyl (C=O) groups is 2. The molecule has 0 bridgehead atoms. The van der Waals surface area contributed by atoms with Crippen molar-refractivity contribution in [2.45, 2.75) is 6.10 Å². The minimum atomic E-state index is -1.41. The van der Waals surface area contributed by atoms with E-state index in [0.717, 1.165) is 0 Å². The monoisotopic (exact) mass is 290 g/mol. The van der Waals surface area contributed by atoms with Crippen LogP contribution in [0.3, 0.4) is 0 Å². The van der Waals surface area contributed by atoms with Crippen molar-refractivity contribution in [1.82, 2.24) is 0 Å². The van der Waals surface area contributed by atoms with Crippen molar-refractivity contribution in [2.24, 2.45) is 5.73 Å². The van der Waals surface area contributed by atoms with E-state index in [0.29, 0.717) is 5.56 Å². The van der Waals surface area contributed by atoms with Crippen LogP contribution in [0.25, 0.3) is 0 Å². The van der Waals surface area contributed by atoms with E-state index in [-0.39, 0.29) is 23.6 Å². The molecular weight excluding hydrogens is 278 g/mol. The van der Waals surface area contributed by atoms with E-state index in [4.69, 9.17) is 15.3 Å². The third kappa shape index (κ3) is 8.41. The molecule has 0 heterocycles. The molecule has 7 heteroatoms. The van der Waals surface area contributed by atoms with E-state index >= 15 is 0 Å². The number of rotatable bonds is 3. The standard InChI is InChI=1S/C8H8O3.C2H5NO2.Cu/c9-7(8(10)11)6-4-2-1-3-5-6;3-1-2(4)5;/h1-5,7,9H,(H,10,11);1,3H2,(H,4,5);. The molecule has 0 saturated carbocycles. The number of benzene rings is 1. The Morgan fingerprint density at radius 3 is 1.88 bits per heavy atom. The first-order valence-electron chi connectivity index (χ1n) is 4.36. The van der Waals surface area contributed by atoms with E-state index in [1.165, 1.54) is 0 Å². The molecule has 0 aromatic heterocycles. The van der Waals surface area contributed by atoms with Crippen molar-refractivity contribution in [3.05, 3.63) is 35.9 Å². The molecule has 1 aromatic rings. The van der Waals surface area contributed by atoms with Crippen molar-refractivity contribution in [2.75, 3.05) is 6.54 Å². The van der Waals surface area contributed by atoms with Crippen LogP contribution >= 0.6 is 0 Å². The number of nitrogens with two attached hydrogens (primary N) is 1. The summed E-state index contributed by atoms with van der Waals surface area (Å²) in [5, 5.41) is 25.0. The summed E-state index contributed by atoms with van der Waals surface area (Å²) in [4.78, 5) is 19.5. The quantitative estimate of drug-likeness (QED) is 0.574. The smallest absolute Gasteiger partial charge is 0.337 e. The molecule has 99 valence electrons. The van der Waals surface area contributed by atoms with Crippen molar-refractivity contribution < 1.29 is 42.0 Å². The molecule has 0 spiro atoms. The number of carboxylic acids is 2. The summed E-state index contributed by atoms with van der Waals surface area (Å²) in [5.74, 6) is -2.19. The maximum Gasteiger partial charge on any atom is 0.337 e. The summed E-state index contributed by atoms with van der Waals surface area (Å²) >= 11 is 0. The van der Waals surface area contributed by atoms with E-state index in [9.17, 15) is 9.59 Å². The largest absolute Gasteiger partial charge is 0.480 e. The molecule has 1 atom stereocenters. The zero-order valence-electron chi connectivity index (χ0n) is 8.71. The molecule has 0 aliphatic rings. The van der Waals surface area contributed by atoms with Crippen molar-refractivity contribution >= 4 is 11.9 Å². The van der Waals surface area contributed by atoms with Gasteiger partial charge in [-0.2, -0.15) is 0 Å². The fraction of sp³-hybridized carbons (Fsp3) is 0.200. The van der Waals surface area contributed by atoms with Gasteiger partial charge in [0.2, 0.25) is 0 Å². The van der Waals surface area contributed by atoms with E-state index in [2.05, 4.69) is 5.73 Å². The Hall–Kier alpha value is -1.40. The van der Waals surface area contributed by atoms with Gasteiger partial charge in [-0.05, 0) is 5.56 Å². The minimum absolute atomic E-state index is 0. The number of hydrogen-bond donors (Lipinski definition) is 4. The van der Waals surface area contributed by atoms with Crippen LogP contribution in [0, 0.1) is 0 Å². The summed E-state index contributed by atoms with van der Waals surface area (Å²) in [6.45, 7) is -0.278. The van der Waals surface area contributed by atoms with Gasteiger partial charge in [0.25, 0.3) is 0 Å². The summed E-state index contributed by atoms with van der Waals surface area (Å²) < 4.78 is 0. The normalized spacial score (nSPS) is 10.2. The molecule has 0 aliphatic carbocycles. The van der Waals surface area contributed by atoms with E-state index < -0.39 is 18.0 Å². The van der Waals surface area contributed by atoms with E-state index in [1.54, 1.807) is 30.3 Å². The molecule has 0 aliphatic heterocycles. The molecular formula is C10H13CuNO5. The number of hydrogen-bond acceptors (Lipinski definition) is 4. The maximum absolute atomic E-state index is 10.2. The van der Waals surface area contributed by atoms with E-state index in [1.807, 2.05) is 0 Å². The molecule has 1 aromatic carbocycles. The SMILES string of the molecule is NCC(=O)O.O=C(O)C(O)c1ccccc1.[Cu]. The number of carboxylic acid groups (broad SMARTS) is 2. The second kappa shape index (κ2) is 9.80. The third-order valence-electron chi connectivity index (χ3n) is 1.52. The number of aliphatic carboxylic acids is 2. The van der Waals surface area contributed by atoms with Crippen LogP contribution in [-0.4, -0.2) is 33.8 Å². The van der Waals surface area contributed by atoms with Gasteiger partial charge in [-0.3, -0.25) is 4.79 Å². The second-order valence-corrected chi connectivity index (χ2v) is 2.75. The predicted molar refractivity (Wildman–Crippen MR) is 55.7 cm³/mol. The Bertz CT molecular complexity index is 344. The van der Waals surface area contributed by atoms with Crippen LogP contribution in [0.15, 0.2) is 30.3 Å². The Morgan fingerprint density at radius 1 is 1.18 bits per heavy atom. The first kappa shape index (κ1) is 18.0. The van der Waals surface area contributed by atoms with Gasteiger partial charge in [-0.15, -0.1) is 0 Å². The first-order chi connectivity index (χ1) is 7.49. The fourth-order valence-electron chi connectivity index (χ4n) is 0.778. The fourth-order valence-corrected chi connectivity index (χ4v) is 0.778. The van der Waals surface area contributed by atoms with Gasteiger partial charge in [-0.1, -0.05) is 30.3 Å². The van der Waals surface area contributed by atoms with Gasteiger partial charge >= 0.3 is 11.9 Å². The summed E-state index contributed by atoms with van der Waals surface area (Å²) in [6, 6.07) is 8.26. The van der Waals surface area contributed by atoms with Gasteiger partial charge in [0.1, 0.15) is 0 Å². The van der Waals surface area contributed by atoms with Gasteiger partial charge in [0.15, 0.2) is 6.10 Å². The maximum atomic E-state index is 10.2. The summed E-state index contributed by atoms with van der Waals surface area (Å²) in [5.41, 5.74) is 4.97. The zero-order chi connectivity index (χ0) is 12.6. The molecule has 1 rings (SSSR count).